The molecule has 12 heavy (non-hydrogen) atoms. The molecule has 0 unspecified atom stereocenters. The van der Waals surface area contributed by atoms with Crippen LogP contribution in [0.5, 0.6) is 0 Å². The fraction of sp³-hybridized carbons (Fsp3) is 0.444. The second-order valence-corrected chi connectivity index (χ2v) is 3.16. The molecule has 2 nitrogen and oxygen atoms in total. The lowest BCUT2D eigenvalue weighted by molar-refractivity contribution is 0.914. The van der Waals surface area contributed by atoms with E-state index in [-0.39, 0.29) is 0 Å². The molecule has 0 aliphatic heterocycles. The first-order valence-electron chi connectivity index (χ1n) is 4.01. The van der Waals surface area contributed by atoms with Crippen molar-refractivity contribution in [3.8, 4) is 0 Å². The Kier molecular flexibility index (Phi) is 3.35. The summed E-state index contributed by atoms with van der Waals surface area (Å²) in [6, 6.07) is 1.97. The van der Waals surface area contributed by atoms with Gasteiger partial charge in [-0.15, -0.1) is 11.6 Å². The van der Waals surface area contributed by atoms with Gasteiger partial charge in [0.1, 0.15) is 5.82 Å². The summed E-state index contributed by atoms with van der Waals surface area (Å²) in [6.45, 7) is 2.04. The van der Waals surface area contributed by atoms with E-state index in [0.29, 0.717) is 11.7 Å². The number of anilines is 1. The van der Waals surface area contributed by atoms with Gasteiger partial charge in [0.05, 0.1) is 0 Å². The van der Waals surface area contributed by atoms with Gasteiger partial charge < -0.3 is 5.73 Å². The van der Waals surface area contributed by atoms with Crippen LogP contribution >= 0.6 is 11.6 Å². The van der Waals surface area contributed by atoms with Gasteiger partial charge in [-0.05, 0) is 37.0 Å². The van der Waals surface area contributed by atoms with Crippen LogP contribution in [0.4, 0.5) is 5.82 Å². The maximum atomic E-state index is 5.71. The molecule has 0 atom stereocenters. The molecule has 0 aliphatic rings. The van der Waals surface area contributed by atoms with Gasteiger partial charge in [0.2, 0.25) is 0 Å². The van der Waals surface area contributed by atoms with Crippen LogP contribution < -0.4 is 5.73 Å². The van der Waals surface area contributed by atoms with E-state index in [0.717, 1.165) is 18.4 Å². The summed E-state index contributed by atoms with van der Waals surface area (Å²) >= 11 is 5.59. The number of pyridine rings is 1. The lowest BCUT2D eigenvalue weighted by atomic mass is 10.1. The van der Waals surface area contributed by atoms with Gasteiger partial charge in [-0.3, -0.25) is 0 Å². The van der Waals surface area contributed by atoms with Crippen LogP contribution in [-0.4, -0.2) is 10.9 Å². The molecule has 3 heteroatoms. The Bertz CT molecular complexity index is 240. The third-order valence-corrected chi connectivity index (χ3v) is 2.15. The van der Waals surface area contributed by atoms with E-state index in [2.05, 4.69) is 4.98 Å². The molecule has 1 heterocycles. The van der Waals surface area contributed by atoms with Crippen LogP contribution in [0.25, 0.3) is 0 Å². The number of alkyl halides is 1. The molecular formula is C9H13ClN2. The van der Waals surface area contributed by atoms with Crippen molar-refractivity contribution in [1.82, 2.24) is 4.98 Å². The first kappa shape index (κ1) is 9.33. The fourth-order valence-corrected chi connectivity index (χ4v) is 1.31. The molecule has 1 aromatic heterocycles. The Morgan fingerprint density at radius 2 is 2.33 bits per heavy atom. The zero-order chi connectivity index (χ0) is 8.97. The molecule has 1 rings (SSSR count). The molecule has 0 aromatic carbocycles. The molecular weight excluding hydrogens is 172 g/mol. The highest BCUT2D eigenvalue weighted by Gasteiger charge is 2.02. The second kappa shape index (κ2) is 4.31. The summed E-state index contributed by atoms with van der Waals surface area (Å²) in [5, 5.41) is 0. The maximum Gasteiger partial charge on any atom is 0.126 e. The predicted octanol–water partition coefficient (Wildman–Crippen LogP) is 2.14. The number of hydrogen-bond acceptors (Lipinski definition) is 2. The highest BCUT2D eigenvalue weighted by Crippen LogP contribution is 2.15. The number of aryl methyl sites for hydroxylation is 1. The molecule has 0 spiro atoms. The zero-order valence-corrected chi connectivity index (χ0v) is 7.93. The van der Waals surface area contributed by atoms with Gasteiger partial charge in [-0.25, -0.2) is 4.98 Å². The Morgan fingerprint density at radius 1 is 1.58 bits per heavy atom. The van der Waals surface area contributed by atoms with Crippen LogP contribution in [0.1, 0.15) is 17.5 Å². The summed E-state index contributed by atoms with van der Waals surface area (Å²) in [5.74, 6) is 1.31. The average molecular weight is 185 g/mol. The lowest BCUT2D eigenvalue weighted by Gasteiger charge is -2.06. The molecule has 0 saturated carbocycles. The standard InChI is InChI=1S/C9H13ClN2/c1-7-4-6-12-9(11)8(7)3-2-5-10/h4,6H,2-3,5H2,1H3,(H2,11,12). The third-order valence-electron chi connectivity index (χ3n) is 1.88. The minimum Gasteiger partial charge on any atom is -0.383 e. The van der Waals surface area contributed by atoms with Crippen molar-refractivity contribution in [1.29, 1.82) is 0 Å². The highest BCUT2D eigenvalue weighted by molar-refractivity contribution is 6.17. The molecule has 66 valence electrons. The van der Waals surface area contributed by atoms with Crippen molar-refractivity contribution >= 4 is 17.4 Å². The normalized spacial score (nSPS) is 10.2. The average Bonchev–Trinajstić information content (AvgIpc) is 2.04. The number of hydrogen-bond donors (Lipinski definition) is 1. The van der Waals surface area contributed by atoms with Crippen LogP contribution in [0.15, 0.2) is 12.3 Å². The minimum absolute atomic E-state index is 0.639. The van der Waals surface area contributed by atoms with E-state index in [9.17, 15) is 0 Å². The van der Waals surface area contributed by atoms with Gasteiger partial charge in [-0.1, -0.05) is 0 Å². The fourth-order valence-electron chi connectivity index (χ4n) is 1.18. The van der Waals surface area contributed by atoms with Crippen LogP contribution in [0.3, 0.4) is 0 Å². The summed E-state index contributed by atoms with van der Waals surface area (Å²) in [4.78, 5) is 4.03. The zero-order valence-electron chi connectivity index (χ0n) is 7.18. The van der Waals surface area contributed by atoms with Crippen molar-refractivity contribution in [2.24, 2.45) is 0 Å². The summed E-state index contributed by atoms with van der Waals surface area (Å²) in [5.41, 5.74) is 8.05. The number of nitrogen functional groups attached to an aromatic ring is 1. The van der Waals surface area contributed by atoms with E-state index >= 15 is 0 Å². The molecule has 1 aromatic rings. The van der Waals surface area contributed by atoms with E-state index in [1.54, 1.807) is 6.20 Å². The number of rotatable bonds is 3. The van der Waals surface area contributed by atoms with Gasteiger partial charge in [-0.2, -0.15) is 0 Å². The first-order chi connectivity index (χ1) is 5.75. The molecule has 0 aliphatic carbocycles. The van der Waals surface area contributed by atoms with Crippen molar-refractivity contribution in [3.63, 3.8) is 0 Å². The minimum atomic E-state index is 0.639. The quantitative estimate of drug-likeness (QED) is 0.732. The summed E-state index contributed by atoms with van der Waals surface area (Å²) < 4.78 is 0. The van der Waals surface area contributed by atoms with Crippen molar-refractivity contribution in [2.45, 2.75) is 19.8 Å². The maximum absolute atomic E-state index is 5.71. The number of nitrogens with two attached hydrogens (primary N) is 1. The van der Waals surface area contributed by atoms with Gasteiger partial charge in [0, 0.05) is 12.1 Å². The third kappa shape index (κ3) is 2.11. The Balaban J connectivity index is 2.81. The molecule has 2 N–H and O–H groups in total. The van der Waals surface area contributed by atoms with E-state index in [1.165, 1.54) is 5.56 Å². The van der Waals surface area contributed by atoms with Gasteiger partial charge in [0.25, 0.3) is 0 Å². The van der Waals surface area contributed by atoms with Crippen LogP contribution in [-0.2, 0) is 6.42 Å². The van der Waals surface area contributed by atoms with Gasteiger partial charge in [0.15, 0.2) is 0 Å². The van der Waals surface area contributed by atoms with E-state index in [4.69, 9.17) is 17.3 Å². The lowest BCUT2D eigenvalue weighted by Crippen LogP contribution is -2.00. The second-order valence-electron chi connectivity index (χ2n) is 2.78. The summed E-state index contributed by atoms with van der Waals surface area (Å²) in [6.07, 6.45) is 3.61. The Hall–Kier alpha value is -0.760. The highest BCUT2D eigenvalue weighted by atomic mass is 35.5. The van der Waals surface area contributed by atoms with Crippen molar-refractivity contribution < 1.29 is 0 Å². The predicted molar refractivity (Wildman–Crippen MR) is 52.4 cm³/mol. The summed E-state index contributed by atoms with van der Waals surface area (Å²) in [7, 11) is 0. The van der Waals surface area contributed by atoms with Crippen LogP contribution in [0.2, 0.25) is 0 Å². The van der Waals surface area contributed by atoms with E-state index < -0.39 is 0 Å². The smallest absolute Gasteiger partial charge is 0.126 e. The SMILES string of the molecule is Cc1ccnc(N)c1CCCCl. The Labute approximate surface area is 77.8 Å². The Morgan fingerprint density at radius 3 is 2.92 bits per heavy atom. The molecule has 0 amide bonds. The van der Waals surface area contributed by atoms with Crippen molar-refractivity contribution in [3.05, 3.63) is 23.4 Å². The van der Waals surface area contributed by atoms with E-state index in [1.807, 2.05) is 13.0 Å². The van der Waals surface area contributed by atoms with Crippen LogP contribution in [0, 0.1) is 6.92 Å². The molecule has 0 saturated heterocycles. The largest absolute Gasteiger partial charge is 0.383 e. The molecule has 0 fully saturated rings. The number of nitrogens with zero attached hydrogens (tertiary/aromatic N) is 1. The number of aromatic nitrogens is 1. The monoisotopic (exact) mass is 184 g/mol. The molecule has 0 bridgehead atoms. The first-order valence-corrected chi connectivity index (χ1v) is 4.55. The number of halogens is 1. The molecule has 0 radical (unpaired) electrons. The topological polar surface area (TPSA) is 38.9 Å². The van der Waals surface area contributed by atoms with Crippen molar-refractivity contribution in [2.75, 3.05) is 11.6 Å². The van der Waals surface area contributed by atoms with Gasteiger partial charge >= 0.3 is 0 Å².